The first kappa shape index (κ1) is 16.0. The van der Waals surface area contributed by atoms with Crippen molar-refractivity contribution in [2.45, 2.75) is 13.5 Å². The first-order chi connectivity index (χ1) is 12.6. The number of ether oxygens (including phenoxy) is 1. The lowest BCUT2D eigenvalue weighted by molar-refractivity contribution is -0.376. The Labute approximate surface area is 148 Å². The number of H-pyrrole nitrogens is 1. The second-order valence-corrected chi connectivity index (χ2v) is 5.88. The van der Waals surface area contributed by atoms with Crippen molar-refractivity contribution in [1.29, 1.82) is 0 Å². The molecule has 0 amide bonds. The molecule has 6 nitrogen and oxygen atoms in total. The fraction of sp³-hybridized carbons (Fsp3) is 0.105. The number of pyridine rings is 1. The Morgan fingerprint density at radius 1 is 1.23 bits per heavy atom. The van der Waals surface area contributed by atoms with Crippen molar-refractivity contribution in [2.24, 2.45) is 0 Å². The highest BCUT2D eigenvalue weighted by atomic mass is 19.1. The van der Waals surface area contributed by atoms with Gasteiger partial charge in [-0.3, -0.25) is 0 Å². The highest BCUT2D eigenvalue weighted by Gasteiger charge is 2.15. The van der Waals surface area contributed by atoms with Gasteiger partial charge in [-0.15, -0.1) is 4.57 Å². The molecular formula is C19H16FN4O2+. The van der Waals surface area contributed by atoms with E-state index < -0.39 is 0 Å². The molecule has 0 radical (unpaired) electrons. The van der Waals surface area contributed by atoms with Gasteiger partial charge in [0.15, 0.2) is 5.82 Å². The van der Waals surface area contributed by atoms with Gasteiger partial charge < -0.3 is 4.74 Å². The molecule has 0 bridgehead atoms. The molecule has 130 valence electrons. The Kier molecular flexibility index (Phi) is 3.96. The zero-order valence-electron chi connectivity index (χ0n) is 14.0. The molecular weight excluding hydrogens is 335 g/mol. The topological polar surface area (TPSA) is 62.7 Å². The lowest BCUT2D eigenvalue weighted by atomic mass is 10.3. The highest BCUT2D eigenvalue weighted by molar-refractivity contribution is 5.39. The van der Waals surface area contributed by atoms with E-state index in [1.807, 2.05) is 30.3 Å². The molecule has 4 aromatic rings. The number of hydrogen-bond donors (Lipinski definition) is 0. The van der Waals surface area contributed by atoms with Crippen LogP contribution in [0.2, 0.25) is 0 Å². The number of aryl methyl sites for hydroxylation is 1. The van der Waals surface area contributed by atoms with Crippen molar-refractivity contribution >= 4 is 5.65 Å². The third-order valence-corrected chi connectivity index (χ3v) is 4.03. The standard InChI is InChI=1S/C19H15FN4O2/c1-13-9-18(21-10-16(13)20)23-8-7-17-22-14(11-24(17)19(23)25)12-26-15-5-3-2-4-6-15/h2-11H,12H2,1H3/p+1. The van der Waals surface area contributed by atoms with Gasteiger partial charge in [-0.05, 0) is 24.6 Å². The second-order valence-electron chi connectivity index (χ2n) is 5.88. The number of nitrogens with zero attached hydrogens (tertiary/aromatic N) is 3. The molecule has 3 heterocycles. The van der Waals surface area contributed by atoms with E-state index in [4.69, 9.17) is 4.74 Å². The number of para-hydroxylation sites is 1. The molecule has 0 fully saturated rings. The number of aromatic amines is 1. The maximum Gasteiger partial charge on any atom is 0.426 e. The summed E-state index contributed by atoms with van der Waals surface area (Å²) >= 11 is 0. The third kappa shape index (κ3) is 2.95. The lowest BCUT2D eigenvalue weighted by Gasteiger charge is -2.02. The number of halogens is 1. The van der Waals surface area contributed by atoms with Crippen LogP contribution in [0.15, 0.2) is 65.8 Å². The normalized spacial score (nSPS) is 11.0. The van der Waals surface area contributed by atoms with Crippen LogP contribution >= 0.6 is 0 Å². The number of aromatic nitrogens is 4. The van der Waals surface area contributed by atoms with Gasteiger partial charge in [0.2, 0.25) is 0 Å². The monoisotopic (exact) mass is 351 g/mol. The molecule has 0 aliphatic rings. The van der Waals surface area contributed by atoms with E-state index in [1.54, 1.807) is 31.5 Å². The average Bonchev–Trinajstić information content (AvgIpc) is 3.08. The lowest BCUT2D eigenvalue weighted by Crippen LogP contribution is -2.29. The van der Waals surface area contributed by atoms with Crippen LogP contribution in [0, 0.1) is 12.7 Å². The molecule has 0 saturated carbocycles. The van der Waals surface area contributed by atoms with Crippen molar-refractivity contribution < 1.29 is 14.1 Å². The van der Waals surface area contributed by atoms with Crippen LogP contribution in [0.4, 0.5) is 4.39 Å². The molecule has 0 atom stereocenters. The van der Waals surface area contributed by atoms with Gasteiger partial charge in [0, 0.05) is 18.3 Å². The van der Waals surface area contributed by atoms with Gasteiger partial charge in [-0.25, -0.2) is 23.6 Å². The highest BCUT2D eigenvalue weighted by Crippen LogP contribution is 2.12. The fourth-order valence-corrected chi connectivity index (χ4v) is 2.67. The molecule has 3 aromatic heterocycles. The fourth-order valence-electron chi connectivity index (χ4n) is 2.67. The molecule has 1 aromatic carbocycles. The van der Waals surface area contributed by atoms with Gasteiger partial charge in [-0.2, -0.15) is 0 Å². The quantitative estimate of drug-likeness (QED) is 0.567. The molecule has 0 spiro atoms. The number of imidazole rings is 1. The summed E-state index contributed by atoms with van der Waals surface area (Å²) in [6, 6.07) is 12.7. The largest absolute Gasteiger partial charge is 0.487 e. The molecule has 7 heteroatoms. The van der Waals surface area contributed by atoms with Crippen molar-refractivity contribution in [1.82, 2.24) is 14.0 Å². The van der Waals surface area contributed by atoms with E-state index in [2.05, 4.69) is 9.97 Å². The number of nitrogens with one attached hydrogen (secondary N) is 1. The number of hydrogen-bond acceptors (Lipinski definition) is 3. The van der Waals surface area contributed by atoms with E-state index >= 15 is 0 Å². The summed E-state index contributed by atoms with van der Waals surface area (Å²) in [5.41, 5.74) is 1.32. The van der Waals surface area contributed by atoms with E-state index in [0.717, 1.165) is 5.75 Å². The molecule has 26 heavy (non-hydrogen) atoms. The Balaban J connectivity index is 1.67. The second kappa shape index (κ2) is 6.44. The van der Waals surface area contributed by atoms with Crippen LogP contribution in [-0.2, 0) is 6.61 Å². The summed E-state index contributed by atoms with van der Waals surface area (Å²) in [4.78, 5) is 19.9. The third-order valence-electron chi connectivity index (χ3n) is 4.03. The minimum Gasteiger partial charge on any atom is -0.487 e. The molecule has 0 aliphatic heterocycles. The molecule has 0 aliphatic carbocycles. The van der Waals surface area contributed by atoms with Crippen molar-refractivity contribution in [3.8, 4) is 11.6 Å². The zero-order chi connectivity index (χ0) is 18.1. The van der Waals surface area contributed by atoms with Gasteiger partial charge in [0.25, 0.3) is 5.82 Å². The maximum absolute atomic E-state index is 13.4. The van der Waals surface area contributed by atoms with Crippen LogP contribution in [-0.4, -0.2) is 14.0 Å². The predicted molar refractivity (Wildman–Crippen MR) is 92.8 cm³/mol. The van der Waals surface area contributed by atoms with Crippen LogP contribution in [0.1, 0.15) is 11.3 Å². The maximum atomic E-state index is 13.4. The summed E-state index contributed by atoms with van der Waals surface area (Å²) in [5, 5.41) is 0. The van der Waals surface area contributed by atoms with Gasteiger partial charge >= 0.3 is 5.69 Å². The average molecular weight is 351 g/mol. The van der Waals surface area contributed by atoms with E-state index in [9.17, 15) is 9.18 Å². The van der Waals surface area contributed by atoms with Crippen molar-refractivity contribution in [3.63, 3.8) is 0 Å². The van der Waals surface area contributed by atoms with Crippen LogP contribution in [0.5, 0.6) is 5.75 Å². The van der Waals surface area contributed by atoms with Gasteiger partial charge in [-0.1, -0.05) is 18.2 Å². The molecule has 0 saturated heterocycles. The number of benzene rings is 1. The number of rotatable bonds is 4. The minimum atomic E-state index is -0.356. The summed E-state index contributed by atoms with van der Waals surface area (Å²) in [7, 11) is 0. The van der Waals surface area contributed by atoms with Crippen molar-refractivity contribution in [2.75, 3.05) is 0 Å². The Hall–Kier alpha value is -3.48. The number of fused-ring (bicyclic) bond motifs is 1. The molecule has 4 rings (SSSR count). The van der Waals surface area contributed by atoms with E-state index in [-0.39, 0.29) is 18.1 Å². The predicted octanol–water partition coefficient (Wildman–Crippen LogP) is 2.33. The van der Waals surface area contributed by atoms with E-state index in [0.29, 0.717) is 22.7 Å². The minimum absolute atomic E-state index is 0.257. The SMILES string of the molecule is Cc1cc(-n2ccc3nc(COc4ccccc4)cn3c2=O)[nH+]cc1F. The molecule has 0 unspecified atom stereocenters. The van der Waals surface area contributed by atoms with Gasteiger partial charge in [0.05, 0.1) is 5.69 Å². The van der Waals surface area contributed by atoms with Crippen LogP contribution < -0.4 is 15.4 Å². The summed E-state index contributed by atoms with van der Waals surface area (Å²) in [6.07, 6.45) is 4.48. The summed E-state index contributed by atoms with van der Waals surface area (Å²) < 4.78 is 22.0. The Bertz CT molecular complexity index is 1140. The van der Waals surface area contributed by atoms with Crippen LogP contribution in [0.3, 0.4) is 0 Å². The molecule has 1 N–H and O–H groups in total. The first-order valence-electron chi connectivity index (χ1n) is 8.07. The first-order valence-corrected chi connectivity index (χ1v) is 8.07. The zero-order valence-corrected chi connectivity index (χ0v) is 14.0. The Morgan fingerprint density at radius 3 is 2.81 bits per heavy atom. The smallest absolute Gasteiger partial charge is 0.426 e. The van der Waals surface area contributed by atoms with Gasteiger partial charge in [0.1, 0.15) is 30.4 Å². The van der Waals surface area contributed by atoms with E-state index in [1.165, 1.54) is 15.2 Å². The van der Waals surface area contributed by atoms with Crippen LogP contribution in [0.25, 0.3) is 11.5 Å². The Morgan fingerprint density at radius 2 is 2.04 bits per heavy atom. The summed E-state index contributed by atoms with van der Waals surface area (Å²) in [6.45, 7) is 1.90. The van der Waals surface area contributed by atoms with Crippen molar-refractivity contribution in [3.05, 3.63) is 88.6 Å². The summed E-state index contributed by atoms with van der Waals surface area (Å²) in [5.74, 6) is 0.857.